The highest BCUT2D eigenvalue weighted by Gasteiger charge is 2.59. The van der Waals surface area contributed by atoms with Crippen molar-refractivity contribution in [2.45, 2.75) is 11.5 Å². The van der Waals surface area contributed by atoms with Gasteiger partial charge in [-0.1, -0.05) is 78.9 Å². The predicted molar refractivity (Wildman–Crippen MR) is 112 cm³/mol. The van der Waals surface area contributed by atoms with Crippen molar-refractivity contribution in [3.05, 3.63) is 120 Å². The number of nitrogens with zero attached hydrogens (tertiary/aromatic N) is 1. The van der Waals surface area contributed by atoms with Crippen molar-refractivity contribution in [3.63, 3.8) is 0 Å². The molecule has 0 unspecified atom stereocenters. The maximum atomic E-state index is 13.4. The number of imide groups is 1. The van der Waals surface area contributed by atoms with Crippen LogP contribution < -0.4 is 0 Å². The van der Waals surface area contributed by atoms with Crippen molar-refractivity contribution < 1.29 is 19.5 Å². The largest absolute Gasteiger partial charge is 0.479 e. The van der Waals surface area contributed by atoms with Crippen LogP contribution in [0.15, 0.2) is 97.6 Å². The molecular formula is C25H19NO4. The molecule has 30 heavy (non-hydrogen) atoms. The van der Waals surface area contributed by atoms with E-state index in [0.717, 1.165) is 4.90 Å². The number of carboxylic acid groups (broad SMARTS) is 1. The Balaban J connectivity index is 2.05. The molecule has 0 saturated heterocycles. The van der Waals surface area contributed by atoms with Gasteiger partial charge in [0.15, 0.2) is 5.54 Å². The van der Waals surface area contributed by atoms with Crippen LogP contribution in [0.3, 0.4) is 0 Å². The summed E-state index contributed by atoms with van der Waals surface area (Å²) in [5, 5.41) is 10.6. The molecule has 4 rings (SSSR count). The van der Waals surface area contributed by atoms with Gasteiger partial charge in [0.1, 0.15) is 0 Å². The van der Waals surface area contributed by atoms with Crippen LogP contribution in [0.4, 0.5) is 0 Å². The Morgan fingerprint density at radius 3 is 1.77 bits per heavy atom. The van der Waals surface area contributed by atoms with Gasteiger partial charge in [-0.2, -0.15) is 0 Å². The lowest BCUT2D eigenvalue weighted by atomic mass is 9.73. The zero-order valence-corrected chi connectivity index (χ0v) is 16.1. The molecule has 1 heterocycles. The zero-order valence-electron chi connectivity index (χ0n) is 16.1. The van der Waals surface area contributed by atoms with Gasteiger partial charge in [0.2, 0.25) is 0 Å². The number of carbonyl (C=O) groups excluding carboxylic acids is 2. The zero-order chi connectivity index (χ0) is 21.3. The molecule has 0 aliphatic carbocycles. The number of rotatable bonds is 6. The summed E-state index contributed by atoms with van der Waals surface area (Å²) in [7, 11) is 0. The predicted octanol–water partition coefficient (Wildman–Crippen LogP) is 4.23. The van der Waals surface area contributed by atoms with Gasteiger partial charge in [0.25, 0.3) is 11.8 Å². The van der Waals surface area contributed by atoms with Gasteiger partial charge in [-0.3, -0.25) is 14.5 Å². The number of carboxylic acids is 1. The van der Waals surface area contributed by atoms with Crippen molar-refractivity contribution >= 4 is 17.8 Å². The average molecular weight is 397 g/mol. The van der Waals surface area contributed by atoms with Crippen LogP contribution in [0.1, 0.15) is 37.8 Å². The molecule has 0 saturated carbocycles. The van der Waals surface area contributed by atoms with Crippen LogP contribution in [0.2, 0.25) is 0 Å². The number of carbonyl (C=O) groups is 3. The van der Waals surface area contributed by atoms with E-state index in [1.807, 2.05) is 6.07 Å². The molecule has 5 heteroatoms. The molecule has 0 bridgehead atoms. The van der Waals surface area contributed by atoms with Crippen LogP contribution >= 0.6 is 0 Å². The third kappa shape index (κ3) is 2.67. The van der Waals surface area contributed by atoms with E-state index in [1.165, 1.54) is 6.08 Å². The highest BCUT2D eigenvalue weighted by atomic mass is 16.4. The maximum absolute atomic E-state index is 13.4. The molecule has 2 atom stereocenters. The SMILES string of the molecule is C=C[C@H](c1ccccc1)[C@@](C(=O)O)(c1ccccc1)N1C(=O)c2ccccc2C1=O. The van der Waals surface area contributed by atoms with Gasteiger partial charge in [-0.25, -0.2) is 4.79 Å². The summed E-state index contributed by atoms with van der Waals surface area (Å²) in [6, 6.07) is 23.7. The first kappa shape index (κ1) is 19.3. The number of amides is 2. The van der Waals surface area contributed by atoms with Gasteiger partial charge in [-0.05, 0) is 23.3 Å². The number of hydrogen-bond donors (Lipinski definition) is 1. The summed E-state index contributed by atoms with van der Waals surface area (Å²) >= 11 is 0. The van der Waals surface area contributed by atoms with Crippen LogP contribution in [0.5, 0.6) is 0 Å². The molecule has 148 valence electrons. The van der Waals surface area contributed by atoms with E-state index in [1.54, 1.807) is 78.9 Å². The minimum Gasteiger partial charge on any atom is -0.479 e. The molecule has 1 aliphatic rings. The Morgan fingerprint density at radius 2 is 1.30 bits per heavy atom. The summed E-state index contributed by atoms with van der Waals surface area (Å²) in [5.74, 6) is -3.45. The van der Waals surface area contributed by atoms with Gasteiger partial charge in [0, 0.05) is 5.92 Å². The second-order valence-electron chi connectivity index (χ2n) is 7.05. The molecule has 0 aromatic heterocycles. The number of benzene rings is 3. The summed E-state index contributed by atoms with van der Waals surface area (Å²) in [6.45, 7) is 3.87. The Kier molecular flexibility index (Phi) is 4.80. The molecule has 2 amide bonds. The average Bonchev–Trinajstić information content (AvgIpc) is 3.04. The maximum Gasteiger partial charge on any atom is 0.335 e. The smallest absolute Gasteiger partial charge is 0.335 e. The Morgan fingerprint density at radius 1 is 0.833 bits per heavy atom. The fraction of sp³-hybridized carbons (Fsp3) is 0.0800. The van der Waals surface area contributed by atoms with E-state index < -0.39 is 29.2 Å². The first-order valence-electron chi connectivity index (χ1n) is 9.47. The topological polar surface area (TPSA) is 74.7 Å². The molecular weight excluding hydrogens is 378 g/mol. The van der Waals surface area contributed by atoms with E-state index in [4.69, 9.17) is 0 Å². The molecule has 0 fully saturated rings. The summed E-state index contributed by atoms with van der Waals surface area (Å²) in [6.07, 6.45) is 1.49. The van der Waals surface area contributed by atoms with Crippen molar-refractivity contribution in [3.8, 4) is 0 Å². The fourth-order valence-corrected chi connectivity index (χ4v) is 4.21. The second kappa shape index (κ2) is 7.44. The Hall–Kier alpha value is -3.99. The van der Waals surface area contributed by atoms with Gasteiger partial charge in [-0.15, -0.1) is 6.58 Å². The normalized spacial score (nSPS) is 15.9. The lowest BCUT2D eigenvalue weighted by molar-refractivity contribution is -0.150. The molecule has 3 aromatic rings. The van der Waals surface area contributed by atoms with Crippen LogP contribution in [-0.2, 0) is 10.3 Å². The molecule has 0 spiro atoms. The third-order valence-corrected chi connectivity index (χ3v) is 5.53. The first-order chi connectivity index (χ1) is 14.5. The highest BCUT2D eigenvalue weighted by molar-refractivity contribution is 6.23. The van der Waals surface area contributed by atoms with E-state index in [2.05, 4.69) is 6.58 Å². The molecule has 0 radical (unpaired) electrons. The third-order valence-electron chi connectivity index (χ3n) is 5.53. The van der Waals surface area contributed by atoms with Crippen LogP contribution in [0.25, 0.3) is 0 Å². The highest BCUT2D eigenvalue weighted by Crippen LogP contribution is 2.46. The van der Waals surface area contributed by atoms with E-state index in [0.29, 0.717) is 11.1 Å². The van der Waals surface area contributed by atoms with E-state index in [-0.39, 0.29) is 11.1 Å². The van der Waals surface area contributed by atoms with E-state index in [9.17, 15) is 19.5 Å². The molecule has 3 aromatic carbocycles. The summed E-state index contributed by atoms with van der Waals surface area (Å²) in [5.41, 5.74) is -0.659. The molecule has 5 nitrogen and oxygen atoms in total. The molecule has 1 N–H and O–H groups in total. The Bertz CT molecular complexity index is 1110. The first-order valence-corrected chi connectivity index (χ1v) is 9.47. The minimum atomic E-state index is -2.00. The van der Waals surface area contributed by atoms with Gasteiger partial charge < -0.3 is 5.11 Å². The minimum absolute atomic E-state index is 0.194. The van der Waals surface area contributed by atoms with Crippen molar-refractivity contribution in [2.24, 2.45) is 0 Å². The number of hydrogen-bond acceptors (Lipinski definition) is 3. The van der Waals surface area contributed by atoms with Gasteiger partial charge >= 0.3 is 5.97 Å². The Labute approximate surface area is 173 Å². The second-order valence-corrected chi connectivity index (χ2v) is 7.05. The quantitative estimate of drug-likeness (QED) is 0.499. The van der Waals surface area contributed by atoms with Crippen molar-refractivity contribution in [1.82, 2.24) is 4.90 Å². The summed E-state index contributed by atoms with van der Waals surface area (Å²) < 4.78 is 0. The van der Waals surface area contributed by atoms with Crippen LogP contribution in [-0.4, -0.2) is 27.8 Å². The van der Waals surface area contributed by atoms with E-state index >= 15 is 0 Å². The van der Waals surface area contributed by atoms with Gasteiger partial charge in [0.05, 0.1) is 11.1 Å². The van der Waals surface area contributed by atoms with Crippen LogP contribution in [0, 0.1) is 0 Å². The number of fused-ring (bicyclic) bond motifs is 1. The number of aliphatic carboxylic acids is 1. The lowest BCUT2D eigenvalue weighted by Gasteiger charge is -2.42. The molecule has 1 aliphatic heterocycles. The summed E-state index contributed by atoms with van der Waals surface area (Å²) in [4.78, 5) is 40.7. The fourth-order valence-electron chi connectivity index (χ4n) is 4.21. The lowest BCUT2D eigenvalue weighted by Crippen LogP contribution is -2.57. The van der Waals surface area contributed by atoms with Crippen molar-refractivity contribution in [1.29, 1.82) is 0 Å². The standard InChI is InChI=1S/C25H19NO4/c1-2-21(17-11-5-3-6-12-17)25(24(29)30,18-13-7-4-8-14-18)26-22(27)19-15-9-10-16-20(19)23(26)28/h2-16,21H,1H2,(H,29,30)/t21-,25-/m1/s1. The monoisotopic (exact) mass is 397 g/mol. The van der Waals surface area contributed by atoms with Crippen molar-refractivity contribution in [2.75, 3.05) is 0 Å².